The van der Waals surface area contributed by atoms with Crippen LogP contribution < -0.4 is 26.0 Å². The van der Waals surface area contributed by atoms with Crippen molar-refractivity contribution in [3.63, 3.8) is 0 Å². The summed E-state index contributed by atoms with van der Waals surface area (Å²) in [6.07, 6.45) is 6.48. The molecule has 4 aromatic rings. The number of hydrogen-bond donors (Lipinski definition) is 4. The van der Waals surface area contributed by atoms with E-state index in [0.29, 0.717) is 89.2 Å². The van der Waals surface area contributed by atoms with E-state index in [4.69, 9.17) is 32.7 Å². The molecule has 9 nitrogen and oxygen atoms in total. The van der Waals surface area contributed by atoms with Gasteiger partial charge in [-0.25, -0.2) is 9.37 Å². The molecule has 47 heavy (non-hydrogen) atoms. The van der Waals surface area contributed by atoms with Crippen LogP contribution in [0.1, 0.15) is 36.8 Å². The second-order valence-corrected chi connectivity index (χ2v) is 12.4. The van der Waals surface area contributed by atoms with Gasteiger partial charge in [0.2, 0.25) is 5.91 Å². The molecule has 2 aromatic carbocycles. The molecule has 6 rings (SSSR count). The number of amides is 1. The molecule has 2 saturated heterocycles. The molecule has 1 unspecified atom stereocenters. The summed E-state index contributed by atoms with van der Waals surface area (Å²) >= 11 is 13.9. The largest absolute Gasteiger partial charge is 0.496 e. The van der Waals surface area contributed by atoms with Gasteiger partial charge in [-0.1, -0.05) is 47.5 Å². The Hall–Kier alpha value is -3.80. The Morgan fingerprint density at radius 1 is 0.979 bits per heavy atom. The highest BCUT2D eigenvalue weighted by Crippen LogP contribution is 2.42. The number of anilines is 2. The van der Waals surface area contributed by atoms with Crippen molar-refractivity contribution in [3.8, 4) is 28.1 Å². The maximum Gasteiger partial charge on any atom is 0.220 e. The SMILES string of the molecule is COc1cc(-c2nccc(-c3cccc(Nc4nccc(CNC5CCOCC5)c4F)c3Cl)c2Cl)ccc1CNCC1CCC(=O)N1. The van der Waals surface area contributed by atoms with Gasteiger partial charge >= 0.3 is 0 Å². The van der Waals surface area contributed by atoms with E-state index in [1.807, 2.05) is 30.3 Å². The van der Waals surface area contributed by atoms with Gasteiger partial charge in [0.15, 0.2) is 11.6 Å². The Morgan fingerprint density at radius 2 is 1.79 bits per heavy atom. The van der Waals surface area contributed by atoms with Crippen LogP contribution in [-0.4, -0.2) is 54.8 Å². The molecule has 0 spiro atoms. The van der Waals surface area contributed by atoms with Crippen LogP contribution in [0.4, 0.5) is 15.9 Å². The van der Waals surface area contributed by atoms with Crippen molar-refractivity contribution in [2.45, 2.75) is 50.9 Å². The predicted molar refractivity (Wildman–Crippen MR) is 183 cm³/mol. The second kappa shape index (κ2) is 15.4. The molecule has 246 valence electrons. The fourth-order valence-corrected chi connectivity index (χ4v) is 6.53. The van der Waals surface area contributed by atoms with Crippen molar-refractivity contribution in [1.29, 1.82) is 0 Å². The van der Waals surface area contributed by atoms with Gasteiger partial charge < -0.3 is 30.7 Å². The number of benzene rings is 2. The third-order valence-corrected chi connectivity index (χ3v) is 9.34. The van der Waals surface area contributed by atoms with Crippen LogP contribution in [-0.2, 0) is 22.6 Å². The van der Waals surface area contributed by atoms with Gasteiger partial charge in [0.05, 0.1) is 28.5 Å². The number of ether oxygens (including phenoxy) is 2. The lowest BCUT2D eigenvalue weighted by atomic mass is 10.0. The van der Waals surface area contributed by atoms with Gasteiger partial charge in [-0.15, -0.1) is 0 Å². The summed E-state index contributed by atoms with van der Waals surface area (Å²) in [5, 5.41) is 13.7. The number of aromatic nitrogens is 2. The zero-order chi connectivity index (χ0) is 32.8. The number of nitrogens with one attached hydrogen (secondary N) is 4. The number of rotatable bonds is 12. The van der Waals surface area contributed by atoms with E-state index < -0.39 is 5.82 Å². The minimum absolute atomic E-state index is 0.0894. The molecule has 2 fully saturated rings. The first-order valence-corrected chi connectivity index (χ1v) is 16.5. The second-order valence-electron chi connectivity index (χ2n) is 11.7. The first-order chi connectivity index (χ1) is 22.9. The molecule has 4 N–H and O–H groups in total. The van der Waals surface area contributed by atoms with E-state index in [-0.39, 0.29) is 17.8 Å². The van der Waals surface area contributed by atoms with Crippen molar-refractivity contribution < 1.29 is 18.7 Å². The van der Waals surface area contributed by atoms with Crippen LogP contribution in [0.25, 0.3) is 22.4 Å². The first kappa shape index (κ1) is 33.1. The first-order valence-electron chi connectivity index (χ1n) is 15.7. The highest BCUT2D eigenvalue weighted by atomic mass is 35.5. The lowest BCUT2D eigenvalue weighted by molar-refractivity contribution is -0.119. The van der Waals surface area contributed by atoms with Crippen LogP contribution in [0.3, 0.4) is 0 Å². The molecule has 1 amide bonds. The third kappa shape index (κ3) is 7.85. The Morgan fingerprint density at radius 3 is 2.57 bits per heavy atom. The summed E-state index contributed by atoms with van der Waals surface area (Å²) in [6, 6.07) is 15.2. The van der Waals surface area contributed by atoms with Crippen LogP contribution >= 0.6 is 23.2 Å². The monoisotopic (exact) mass is 678 g/mol. The summed E-state index contributed by atoms with van der Waals surface area (Å²) in [5.74, 6) is 0.444. The number of pyridine rings is 2. The summed E-state index contributed by atoms with van der Waals surface area (Å²) in [4.78, 5) is 20.3. The minimum Gasteiger partial charge on any atom is -0.496 e. The Balaban J connectivity index is 1.19. The number of hydrogen-bond acceptors (Lipinski definition) is 8. The number of methoxy groups -OCH3 is 1. The molecule has 0 saturated carbocycles. The number of halogens is 3. The Labute approximate surface area is 283 Å². The molecule has 12 heteroatoms. The maximum absolute atomic E-state index is 15.5. The van der Waals surface area contributed by atoms with Gasteiger partial charge in [-0.3, -0.25) is 9.78 Å². The van der Waals surface area contributed by atoms with E-state index in [1.165, 1.54) is 0 Å². The van der Waals surface area contributed by atoms with Crippen molar-refractivity contribution in [2.75, 3.05) is 32.2 Å². The van der Waals surface area contributed by atoms with Crippen molar-refractivity contribution in [1.82, 2.24) is 25.9 Å². The smallest absolute Gasteiger partial charge is 0.220 e. The molecule has 4 heterocycles. The zero-order valence-corrected chi connectivity index (χ0v) is 27.6. The Bertz CT molecular complexity index is 1740. The predicted octanol–water partition coefficient (Wildman–Crippen LogP) is 6.65. The fraction of sp³-hybridized carbons (Fsp3) is 0.343. The molecule has 2 aliphatic rings. The molecule has 0 bridgehead atoms. The minimum atomic E-state index is -0.435. The standard InChI is InChI=1S/C35H37Cl2FN6O3/c1-46-29-17-21(5-6-22(29)18-39-20-25-7-8-30(45)43-25)34-32(37)27(10-14-40-34)26-3-2-4-28(31(26)36)44-35-33(38)23(9-13-41-35)19-42-24-11-15-47-16-12-24/h2-6,9-10,13-14,17,24-25,39,42H,7-8,11-12,15-16,18-20H2,1H3,(H,41,44)(H,43,45). The quantitative estimate of drug-likeness (QED) is 0.132. The maximum atomic E-state index is 15.5. The zero-order valence-electron chi connectivity index (χ0n) is 26.0. The van der Waals surface area contributed by atoms with E-state index >= 15 is 4.39 Å². The fourth-order valence-electron chi connectivity index (χ4n) is 5.93. The average Bonchev–Trinajstić information content (AvgIpc) is 3.51. The van der Waals surface area contributed by atoms with E-state index in [2.05, 4.69) is 31.2 Å². The number of carbonyl (C=O) groups excluding carboxylic acids is 1. The molecular formula is C35H37Cl2FN6O3. The molecule has 2 aliphatic heterocycles. The molecule has 2 aromatic heterocycles. The summed E-state index contributed by atoms with van der Waals surface area (Å²) < 4.78 is 26.6. The lowest BCUT2D eigenvalue weighted by Gasteiger charge is -2.23. The van der Waals surface area contributed by atoms with Crippen LogP contribution in [0, 0.1) is 5.82 Å². The Kier molecular flexibility index (Phi) is 10.9. The van der Waals surface area contributed by atoms with Crippen molar-refractivity contribution in [3.05, 3.63) is 87.9 Å². The normalized spacial score (nSPS) is 16.7. The number of nitrogens with zero attached hydrogens (tertiary/aromatic N) is 2. The number of carbonyl (C=O) groups is 1. The third-order valence-electron chi connectivity index (χ3n) is 8.55. The molecular weight excluding hydrogens is 642 g/mol. The molecule has 1 atom stereocenters. The van der Waals surface area contributed by atoms with Gasteiger partial charge in [-0.2, -0.15) is 0 Å². The van der Waals surface area contributed by atoms with Gasteiger partial charge in [0.25, 0.3) is 0 Å². The van der Waals surface area contributed by atoms with Crippen LogP contribution in [0.15, 0.2) is 60.9 Å². The molecule has 0 radical (unpaired) electrons. The van der Waals surface area contributed by atoms with Crippen molar-refractivity contribution >= 4 is 40.6 Å². The van der Waals surface area contributed by atoms with Crippen molar-refractivity contribution in [2.24, 2.45) is 0 Å². The summed E-state index contributed by atoms with van der Waals surface area (Å²) in [5.41, 5.74) is 4.68. The van der Waals surface area contributed by atoms with Crippen LogP contribution in [0.5, 0.6) is 5.75 Å². The van der Waals surface area contributed by atoms with Crippen LogP contribution in [0.2, 0.25) is 10.0 Å². The van der Waals surface area contributed by atoms with E-state index in [0.717, 1.165) is 30.4 Å². The average molecular weight is 680 g/mol. The summed E-state index contributed by atoms with van der Waals surface area (Å²) in [7, 11) is 1.62. The summed E-state index contributed by atoms with van der Waals surface area (Å²) in [6.45, 7) is 3.08. The van der Waals surface area contributed by atoms with Gasteiger partial charge in [0, 0.05) is 91.6 Å². The van der Waals surface area contributed by atoms with E-state index in [1.54, 1.807) is 37.7 Å². The van der Waals surface area contributed by atoms with E-state index in [9.17, 15) is 4.79 Å². The lowest BCUT2D eigenvalue weighted by Crippen LogP contribution is -2.35. The van der Waals surface area contributed by atoms with Gasteiger partial charge in [-0.05, 0) is 43.5 Å². The topological polar surface area (TPSA) is 109 Å². The highest BCUT2D eigenvalue weighted by Gasteiger charge is 2.21. The van der Waals surface area contributed by atoms with Gasteiger partial charge in [0.1, 0.15) is 5.75 Å². The molecule has 0 aliphatic carbocycles. The highest BCUT2D eigenvalue weighted by molar-refractivity contribution is 6.39.